The van der Waals surface area contributed by atoms with Crippen LogP contribution in [0.15, 0.2) is 27.6 Å². The molecule has 0 bridgehead atoms. The van der Waals surface area contributed by atoms with Crippen LogP contribution in [0.25, 0.3) is 0 Å². The number of nitrogens with zero attached hydrogens (tertiary/aromatic N) is 1. The molecular formula is C13H15BrClNO4S. The maximum absolute atomic E-state index is 12.6. The van der Waals surface area contributed by atoms with Crippen molar-refractivity contribution in [1.29, 1.82) is 0 Å². The van der Waals surface area contributed by atoms with Gasteiger partial charge in [0.05, 0.1) is 22.9 Å². The lowest BCUT2D eigenvalue weighted by Gasteiger charge is -2.30. The fraction of sp³-hybridized carbons (Fsp3) is 0.462. The van der Waals surface area contributed by atoms with Gasteiger partial charge in [0, 0.05) is 17.6 Å². The molecule has 116 valence electrons. The first kappa shape index (κ1) is 16.7. The zero-order valence-corrected chi connectivity index (χ0v) is 14.5. The number of hydrogen-bond acceptors (Lipinski definition) is 4. The fourth-order valence-corrected chi connectivity index (χ4v) is 4.50. The molecule has 1 saturated heterocycles. The van der Waals surface area contributed by atoms with Crippen molar-refractivity contribution in [1.82, 2.24) is 4.31 Å². The predicted octanol–water partition coefficient (Wildman–Crippen LogP) is 2.68. The van der Waals surface area contributed by atoms with Gasteiger partial charge in [-0.25, -0.2) is 8.42 Å². The summed E-state index contributed by atoms with van der Waals surface area (Å²) in [5.41, 5.74) is 0. The summed E-state index contributed by atoms with van der Waals surface area (Å²) in [7, 11) is -2.33. The summed E-state index contributed by atoms with van der Waals surface area (Å²) in [6, 6.07) is 4.46. The summed E-state index contributed by atoms with van der Waals surface area (Å²) in [5.74, 6) is -0.776. The highest BCUT2D eigenvalue weighted by Crippen LogP contribution is 2.29. The van der Waals surface area contributed by atoms with Gasteiger partial charge in [-0.05, 0) is 47.0 Å². The van der Waals surface area contributed by atoms with E-state index in [2.05, 4.69) is 15.9 Å². The Morgan fingerprint density at radius 3 is 2.81 bits per heavy atom. The minimum atomic E-state index is -3.64. The molecule has 1 atom stereocenters. The van der Waals surface area contributed by atoms with Crippen molar-refractivity contribution in [3.63, 3.8) is 0 Å². The summed E-state index contributed by atoms with van der Waals surface area (Å²) < 4.78 is 31.8. The summed E-state index contributed by atoms with van der Waals surface area (Å²) in [6.45, 7) is 0.547. The maximum atomic E-state index is 12.6. The van der Waals surface area contributed by atoms with Crippen molar-refractivity contribution in [2.24, 2.45) is 5.92 Å². The van der Waals surface area contributed by atoms with Crippen LogP contribution in [0.2, 0.25) is 5.02 Å². The van der Waals surface area contributed by atoms with Crippen LogP contribution in [-0.2, 0) is 19.6 Å². The van der Waals surface area contributed by atoms with E-state index in [0.29, 0.717) is 28.9 Å². The predicted molar refractivity (Wildman–Crippen MR) is 82.7 cm³/mol. The lowest BCUT2D eigenvalue weighted by molar-refractivity contribution is -0.146. The standard InChI is InChI=1S/C13H15BrClNO4S/c1-20-13(17)9-3-2-6-16(8-9)21(18,19)10-4-5-12(15)11(14)7-10/h4-5,7,9H,2-3,6,8H2,1H3/t9-/m0/s1. The Kier molecular flexibility index (Phi) is 5.29. The molecule has 0 spiro atoms. The van der Waals surface area contributed by atoms with Crippen LogP contribution in [0.5, 0.6) is 0 Å². The SMILES string of the molecule is COC(=O)[C@H]1CCCN(S(=O)(=O)c2ccc(Cl)c(Br)c2)C1. The van der Waals surface area contributed by atoms with E-state index in [1.807, 2.05) is 0 Å². The molecule has 1 aliphatic heterocycles. The Morgan fingerprint density at radius 1 is 1.48 bits per heavy atom. The van der Waals surface area contributed by atoms with Crippen molar-refractivity contribution >= 4 is 43.5 Å². The zero-order valence-electron chi connectivity index (χ0n) is 11.4. The molecule has 1 aliphatic rings. The molecule has 5 nitrogen and oxygen atoms in total. The number of esters is 1. The third-order valence-corrected chi connectivity index (χ3v) is 6.52. The van der Waals surface area contributed by atoms with Crippen molar-refractivity contribution in [2.45, 2.75) is 17.7 Å². The first-order valence-electron chi connectivity index (χ1n) is 6.39. The Bertz CT molecular complexity index is 650. The highest BCUT2D eigenvalue weighted by atomic mass is 79.9. The van der Waals surface area contributed by atoms with Crippen molar-refractivity contribution < 1.29 is 17.9 Å². The fourth-order valence-electron chi connectivity index (χ4n) is 2.31. The van der Waals surface area contributed by atoms with E-state index in [4.69, 9.17) is 16.3 Å². The molecule has 0 unspecified atom stereocenters. The van der Waals surface area contributed by atoms with E-state index in [-0.39, 0.29) is 17.4 Å². The molecule has 0 amide bonds. The van der Waals surface area contributed by atoms with E-state index < -0.39 is 15.9 Å². The van der Waals surface area contributed by atoms with Crippen LogP contribution in [0.3, 0.4) is 0 Å². The van der Waals surface area contributed by atoms with Gasteiger partial charge in [0.25, 0.3) is 0 Å². The summed E-state index contributed by atoms with van der Waals surface area (Å²) in [5, 5.41) is 0.444. The Balaban J connectivity index is 2.26. The quantitative estimate of drug-likeness (QED) is 0.737. The van der Waals surface area contributed by atoms with E-state index >= 15 is 0 Å². The van der Waals surface area contributed by atoms with Gasteiger partial charge in [-0.2, -0.15) is 4.31 Å². The van der Waals surface area contributed by atoms with Gasteiger partial charge in [-0.1, -0.05) is 11.6 Å². The molecule has 8 heteroatoms. The second-order valence-electron chi connectivity index (χ2n) is 4.80. The number of hydrogen-bond donors (Lipinski definition) is 0. The van der Waals surface area contributed by atoms with Crippen LogP contribution >= 0.6 is 27.5 Å². The lowest BCUT2D eigenvalue weighted by atomic mass is 10.0. The van der Waals surface area contributed by atoms with E-state index in [1.165, 1.54) is 29.6 Å². The first-order valence-corrected chi connectivity index (χ1v) is 9.00. The van der Waals surface area contributed by atoms with Crippen LogP contribution in [-0.4, -0.2) is 38.9 Å². The lowest BCUT2D eigenvalue weighted by Crippen LogP contribution is -2.42. The first-order chi connectivity index (χ1) is 9.86. The van der Waals surface area contributed by atoms with Crippen LogP contribution < -0.4 is 0 Å². The minimum absolute atomic E-state index is 0.148. The zero-order chi connectivity index (χ0) is 15.6. The molecule has 0 aliphatic carbocycles. The number of carbonyl (C=O) groups excluding carboxylic acids is 1. The molecule has 0 N–H and O–H groups in total. The molecule has 0 aromatic heterocycles. The van der Waals surface area contributed by atoms with E-state index in [1.54, 1.807) is 0 Å². The average molecular weight is 397 g/mol. The number of piperidine rings is 1. The molecule has 1 fully saturated rings. The highest BCUT2D eigenvalue weighted by Gasteiger charge is 2.33. The second kappa shape index (κ2) is 6.64. The van der Waals surface area contributed by atoms with Gasteiger partial charge in [-0.3, -0.25) is 4.79 Å². The summed E-state index contributed by atoms with van der Waals surface area (Å²) in [6.07, 6.45) is 1.27. The van der Waals surface area contributed by atoms with Gasteiger partial charge in [0.1, 0.15) is 0 Å². The molecule has 1 aromatic rings. The van der Waals surface area contributed by atoms with Gasteiger partial charge in [0.2, 0.25) is 10.0 Å². The number of ether oxygens (including phenoxy) is 1. The molecule has 0 saturated carbocycles. The van der Waals surface area contributed by atoms with Gasteiger partial charge < -0.3 is 4.74 Å². The van der Waals surface area contributed by atoms with Crippen LogP contribution in [0.1, 0.15) is 12.8 Å². The average Bonchev–Trinajstić information content (AvgIpc) is 2.49. The third-order valence-electron chi connectivity index (χ3n) is 3.45. The topological polar surface area (TPSA) is 63.7 Å². The minimum Gasteiger partial charge on any atom is -0.469 e. The molecule has 1 aromatic carbocycles. The Labute approximate surface area is 137 Å². The van der Waals surface area contributed by atoms with Crippen LogP contribution in [0.4, 0.5) is 0 Å². The number of halogens is 2. The number of carbonyl (C=O) groups is 1. The number of methoxy groups -OCH3 is 1. The molecule has 0 radical (unpaired) electrons. The van der Waals surface area contributed by atoms with Gasteiger partial charge in [0.15, 0.2) is 0 Å². The van der Waals surface area contributed by atoms with Crippen molar-refractivity contribution in [3.8, 4) is 0 Å². The summed E-state index contributed by atoms with van der Waals surface area (Å²) >= 11 is 9.10. The number of sulfonamides is 1. The highest BCUT2D eigenvalue weighted by molar-refractivity contribution is 9.10. The van der Waals surface area contributed by atoms with Crippen LogP contribution in [0, 0.1) is 5.92 Å². The molecule has 2 rings (SSSR count). The van der Waals surface area contributed by atoms with Gasteiger partial charge >= 0.3 is 5.97 Å². The smallest absolute Gasteiger partial charge is 0.309 e. The monoisotopic (exact) mass is 395 g/mol. The van der Waals surface area contributed by atoms with Crippen molar-refractivity contribution in [2.75, 3.05) is 20.2 Å². The molecule has 21 heavy (non-hydrogen) atoms. The Morgan fingerprint density at radius 2 is 2.19 bits per heavy atom. The number of rotatable bonds is 3. The van der Waals surface area contributed by atoms with E-state index in [0.717, 1.165) is 0 Å². The largest absolute Gasteiger partial charge is 0.469 e. The van der Waals surface area contributed by atoms with Crippen molar-refractivity contribution in [3.05, 3.63) is 27.7 Å². The Hall–Kier alpha value is -0.630. The van der Waals surface area contributed by atoms with E-state index in [9.17, 15) is 13.2 Å². The summed E-state index contributed by atoms with van der Waals surface area (Å²) in [4.78, 5) is 11.8. The molecular weight excluding hydrogens is 382 g/mol. The number of benzene rings is 1. The second-order valence-corrected chi connectivity index (χ2v) is 8.00. The molecule has 1 heterocycles. The normalized spacial score (nSPS) is 20.2. The third kappa shape index (κ3) is 3.59. The van der Waals surface area contributed by atoms with Gasteiger partial charge in [-0.15, -0.1) is 0 Å². The maximum Gasteiger partial charge on any atom is 0.309 e.